The Morgan fingerprint density at radius 2 is 1.38 bits per heavy atom. The largest absolute Gasteiger partial charge is 0.452 e. The maximum absolute atomic E-state index is 15.1. The van der Waals surface area contributed by atoms with Gasteiger partial charge < -0.3 is 15.0 Å². The third-order valence-corrected chi connectivity index (χ3v) is 9.63. The third-order valence-electron chi connectivity index (χ3n) is 9.63. The summed E-state index contributed by atoms with van der Waals surface area (Å²) in [5, 5.41) is 3.03. The summed E-state index contributed by atoms with van der Waals surface area (Å²) in [6, 6.07) is 37.2. The van der Waals surface area contributed by atoms with E-state index in [1.54, 1.807) is 6.07 Å². The van der Waals surface area contributed by atoms with Crippen LogP contribution >= 0.6 is 0 Å². The van der Waals surface area contributed by atoms with E-state index in [1.807, 2.05) is 120 Å². The van der Waals surface area contributed by atoms with Crippen LogP contribution in [-0.4, -0.2) is 29.7 Å². The number of halogens is 1. The second-order valence-electron chi connectivity index (χ2n) is 12.1. The van der Waals surface area contributed by atoms with Crippen LogP contribution in [0.3, 0.4) is 0 Å². The molecule has 1 N–H and O–H groups in total. The Kier molecular flexibility index (Phi) is 6.83. The van der Waals surface area contributed by atoms with Gasteiger partial charge in [-0.2, -0.15) is 0 Å². The summed E-state index contributed by atoms with van der Waals surface area (Å²) < 4.78 is 20.6. The lowest BCUT2D eigenvalue weighted by Crippen LogP contribution is -2.51. The van der Waals surface area contributed by atoms with Gasteiger partial charge in [-0.1, -0.05) is 109 Å². The average molecular weight is 621 g/mol. The number of ether oxygens (including phenoxy) is 1. The minimum atomic E-state index is -1.52. The molecule has 3 aliphatic rings. The number of Topliss-reactive ketones (excluding diaryl/α,β-unsaturated/α-hetero) is 1. The predicted octanol–water partition coefficient (Wildman–Crippen LogP) is 7.13. The number of nitrogens with zero attached hydrogens (tertiary/aromatic N) is 1. The fourth-order valence-corrected chi connectivity index (χ4v) is 7.64. The molecule has 3 heterocycles. The van der Waals surface area contributed by atoms with E-state index < -0.39 is 47.1 Å². The van der Waals surface area contributed by atoms with Gasteiger partial charge in [0.25, 0.3) is 0 Å². The minimum Gasteiger partial charge on any atom is -0.452 e. The Hall–Kier alpha value is -5.82. The number of hydrogen-bond donors (Lipinski definition) is 1. The number of carbonyl (C=O) groups is 3. The summed E-state index contributed by atoms with van der Waals surface area (Å²) in [4.78, 5) is 46.4. The molecule has 0 saturated carbocycles. The predicted molar refractivity (Wildman–Crippen MR) is 177 cm³/mol. The topological polar surface area (TPSA) is 75.7 Å². The van der Waals surface area contributed by atoms with E-state index in [0.29, 0.717) is 11.3 Å². The van der Waals surface area contributed by atoms with E-state index in [4.69, 9.17) is 4.74 Å². The summed E-state index contributed by atoms with van der Waals surface area (Å²) >= 11 is 0. The standard InChI is InChI=1S/C40H29FN2O4/c41-29-22-19-26(20-23-29)36(44)35-34(38(45)47-37(27-12-3-1-4-13-27)28-14-5-2-6-15-28)40(30-16-8-9-17-31(30)42-39(40)46)33-24-21-25-11-7-10-18-32(25)43(33)35/h1-24,33-35,37H,(H,42,46)/t33?,34-,35+,40+/m1/s1. The van der Waals surface area contributed by atoms with Gasteiger partial charge in [0.2, 0.25) is 5.91 Å². The molecule has 1 fully saturated rings. The van der Waals surface area contributed by atoms with Crippen molar-refractivity contribution in [3.63, 3.8) is 0 Å². The van der Waals surface area contributed by atoms with Crippen LogP contribution in [0.4, 0.5) is 15.8 Å². The Labute approximate surface area is 271 Å². The molecule has 1 unspecified atom stereocenters. The van der Waals surface area contributed by atoms with E-state index in [9.17, 15) is 14.0 Å². The summed E-state index contributed by atoms with van der Waals surface area (Å²) in [6.07, 6.45) is 3.05. The quantitative estimate of drug-likeness (QED) is 0.162. The second-order valence-corrected chi connectivity index (χ2v) is 12.1. The minimum absolute atomic E-state index is 0.228. The van der Waals surface area contributed by atoms with Crippen molar-refractivity contribution in [3.05, 3.63) is 173 Å². The van der Waals surface area contributed by atoms with Crippen molar-refractivity contribution in [1.82, 2.24) is 0 Å². The molecule has 1 saturated heterocycles. The summed E-state index contributed by atoms with van der Waals surface area (Å²) in [5.41, 5.74) is 2.98. The molecule has 8 rings (SSSR count). The second kappa shape index (κ2) is 11.2. The van der Waals surface area contributed by atoms with Gasteiger partial charge in [0, 0.05) is 16.9 Å². The number of nitrogens with one attached hydrogen (secondary N) is 1. The summed E-state index contributed by atoms with van der Waals surface area (Å²) in [6.45, 7) is 0. The summed E-state index contributed by atoms with van der Waals surface area (Å²) in [7, 11) is 0. The van der Waals surface area contributed by atoms with Crippen molar-refractivity contribution < 1.29 is 23.5 Å². The normalized spacial score (nSPS) is 22.0. The van der Waals surface area contributed by atoms with E-state index in [1.165, 1.54) is 24.3 Å². The monoisotopic (exact) mass is 620 g/mol. The van der Waals surface area contributed by atoms with Crippen molar-refractivity contribution in [2.45, 2.75) is 23.6 Å². The smallest absolute Gasteiger partial charge is 0.314 e. The first-order valence-corrected chi connectivity index (χ1v) is 15.5. The Bertz CT molecular complexity index is 2010. The Balaban J connectivity index is 1.36. The number of hydrogen-bond acceptors (Lipinski definition) is 5. The van der Waals surface area contributed by atoms with Crippen LogP contribution in [0.5, 0.6) is 0 Å². The van der Waals surface area contributed by atoms with E-state index in [0.717, 1.165) is 22.4 Å². The van der Waals surface area contributed by atoms with Crippen molar-refractivity contribution in [2.24, 2.45) is 5.92 Å². The highest BCUT2D eigenvalue weighted by molar-refractivity contribution is 6.15. The number of anilines is 2. The highest BCUT2D eigenvalue weighted by Gasteiger charge is 2.71. The third kappa shape index (κ3) is 4.41. The van der Waals surface area contributed by atoms with Crippen LogP contribution in [0.2, 0.25) is 0 Å². The van der Waals surface area contributed by atoms with Gasteiger partial charge in [0.05, 0.1) is 6.04 Å². The number of para-hydroxylation sites is 2. The van der Waals surface area contributed by atoms with Gasteiger partial charge in [-0.25, -0.2) is 4.39 Å². The molecular formula is C40H29FN2O4. The molecule has 0 aromatic heterocycles. The molecule has 0 radical (unpaired) electrons. The fraction of sp³-hybridized carbons (Fsp3) is 0.125. The lowest BCUT2D eigenvalue weighted by Gasteiger charge is -2.37. The van der Waals surface area contributed by atoms with Crippen molar-refractivity contribution in [2.75, 3.05) is 10.2 Å². The van der Waals surface area contributed by atoms with Crippen LogP contribution in [0.15, 0.2) is 140 Å². The Morgan fingerprint density at radius 3 is 2.09 bits per heavy atom. The zero-order chi connectivity index (χ0) is 32.1. The highest BCUT2D eigenvalue weighted by Crippen LogP contribution is 2.58. The number of rotatable bonds is 6. The number of fused-ring (bicyclic) bond motifs is 6. The summed E-state index contributed by atoms with van der Waals surface area (Å²) in [5.74, 6) is -3.24. The lowest BCUT2D eigenvalue weighted by atomic mass is 9.66. The van der Waals surface area contributed by atoms with Crippen molar-refractivity contribution in [1.29, 1.82) is 0 Å². The van der Waals surface area contributed by atoms with Crippen molar-refractivity contribution >= 4 is 35.1 Å². The number of amides is 1. The maximum atomic E-state index is 15.1. The van der Waals surface area contributed by atoms with Gasteiger partial charge in [0.1, 0.15) is 23.2 Å². The van der Waals surface area contributed by atoms with Crippen LogP contribution in [0.1, 0.15) is 38.7 Å². The SMILES string of the molecule is O=C(c1ccc(F)cc1)[C@@H]1[C@H](C(=O)OC(c2ccccc2)c2ccccc2)[C@@]2(C(=O)Nc3ccccc32)C2C=Cc3ccccc3N21. The molecule has 5 aromatic rings. The van der Waals surface area contributed by atoms with Crippen molar-refractivity contribution in [3.8, 4) is 0 Å². The molecule has 3 aliphatic heterocycles. The number of esters is 1. The molecule has 6 nitrogen and oxygen atoms in total. The van der Waals surface area contributed by atoms with Gasteiger partial charge in [-0.3, -0.25) is 14.4 Å². The van der Waals surface area contributed by atoms with Crippen LogP contribution in [0, 0.1) is 11.7 Å². The van der Waals surface area contributed by atoms with E-state index in [2.05, 4.69) is 5.32 Å². The number of carbonyl (C=O) groups excluding carboxylic acids is 3. The molecule has 47 heavy (non-hydrogen) atoms. The van der Waals surface area contributed by atoms with Gasteiger partial charge in [-0.05, 0) is 58.7 Å². The maximum Gasteiger partial charge on any atom is 0.314 e. The number of benzene rings is 5. The Morgan fingerprint density at radius 1 is 0.766 bits per heavy atom. The molecule has 0 bridgehead atoms. The van der Waals surface area contributed by atoms with Crippen LogP contribution in [-0.2, 0) is 19.7 Å². The number of ketones is 1. The molecule has 7 heteroatoms. The first kappa shape index (κ1) is 28.6. The first-order valence-electron chi connectivity index (χ1n) is 15.5. The molecule has 4 atom stereocenters. The lowest BCUT2D eigenvalue weighted by molar-refractivity contribution is -0.156. The first-order chi connectivity index (χ1) is 23.0. The fourth-order valence-electron chi connectivity index (χ4n) is 7.64. The van der Waals surface area contributed by atoms with E-state index in [-0.39, 0.29) is 11.5 Å². The zero-order valence-corrected chi connectivity index (χ0v) is 25.1. The van der Waals surface area contributed by atoms with Gasteiger partial charge >= 0.3 is 5.97 Å². The zero-order valence-electron chi connectivity index (χ0n) is 25.1. The van der Waals surface area contributed by atoms with Crippen LogP contribution in [0.25, 0.3) is 6.08 Å². The average Bonchev–Trinajstić information content (AvgIpc) is 3.60. The molecule has 1 amide bonds. The molecule has 5 aromatic carbocycles. The highest BCUT2D eigenvalue weighted by atomic mass is 19.1. The molecule has 230 valence electrons. The van der Waals surface area contributed by atoms with Gasteiger partial charge in [0.15, 0.2) is 11.9 Å². The van der Waals surface area contributed by atoms with Crippen LogP contribution < -0.4 is 10.2 Å². The van der Waals surface area contributed by atoms with Gasteiger partial charge in [-0.15, -0.1) is 0 Å². The molecular weight excluding hydrogens is 591 g/mol. The molecule has 0 aliphatic carbocycles. The van der Waals surface area contributed by atoms with E-state index >= 15 is 4.79 Å². The molecule has 1 spiro atoms.